The van der Waals surface area contributed by atoms with Crippen LogP contribution < -0.4 is 4.57 Å². The molecule has 114 valence electrons. The van der Waals surface area contributed by atoms with Crippen LogP contribution in [-0.2, 0) is 5.41 Å². The van der Waals surface area contributed by atoms with Crippen molar-refractivity contribution in [2.75, 3.05) is 0 Å². The van der Waals surface area contributed by atoms with E-state index >= 15 is 0 Å². The Balaban J connectivity index is 1.91. The van der Waals surface area contributed by atoms with Gasteiger partial charge in [-0.05, 0) is 50.3 Å². The lowest BCUT2D eigenvalue weighted by Crippen LogP contribution is -2.35. The first-order valence-corrected chi connectivity index (χ1v) is 8.43. The zero-order valence-electron chi connectivity index (χ0n) is 14.8. The van der Waals surface area contributed by atoms with Crippen molar-refractivity contribution in [1.82, 2.24) is 4.57 Å². The second-order valence-corrected chi connectivity index (χ2v) is 7.11. The number of hydrogen-bond acceptors (Lipinski definition) is 0. The molecule has 0 N–H and O–H groups in total. The predicted molar refractivity (Wildman–Crippen MR) is 90.1 cm³/mol. The molecule has 0 radical (unpaired) electrons. The van der Waals surface area contributed by atoms with Crippen molar-refractivity contribution in [3.8, 4) is 5.69 Å². The average molecular weight is 294 g/mol. The van der Waals surface area contributed by atoms with E-state index in [9.17, 15) is 0 Å². The molecule has 4 rings (SSSR count). The Morgan fingerprint density at radius 2 is 1.95 bits per heavy atom. The Bertz CT molecular complexity index is 796. The van der Waals surface area contributed by atoms with Gasteiger partial charge in [0.1, 0.15) is 11.4 Å². The molecule has 2 aromatic rings. The van der Waals surface area contributed by atoms with Crippen molar-refractivity contribution in [2.24, 2.45) is 5.92 Å². The minimum atomic E-state index is 0.0737. The van der Waals surface area contributed by atoms with Gasteiger partial charge in [-0.3, -0.25) is 0 Å². The van der Waals surface area contributed by atoms with Gasteiger partial charge in [-0.15, -0.1) is 0 Å². The molecule has 2 heterocycles. The zero-order valence-corrected chi connectivity index (χ0v) is 13.8. The Morgan fingerprint density at radius 1 is 1.23 bits per heavy atom. The molecule has 1 saturated carbocycles. The number of imidazole rings is 1. The first-order chi connectivity index (χ1) is 11.0. The highest BCUT2D eigenvalue weighted by atomic mass is 15.2. The van der Waals surface area contributed by atoms with Crippen LogP contribution in [0.1, 0.15) is 50.9 Å². The summed E-state index contributed by atoms with van der Waals surface area (Å²) >= 11 is 0. The van der Waals surface area contributed by atoms with Crippen LogP contribution in [0.4, 0.5) is 0 Å². The fourth-order valence-electron chi connectivity index (χ4n) is 4.48. The summed E-state index contributed by atoms with van der Waals surface area (Å²) in [5.74, 6) is 0.707. The molecule has 1 aromatic heterocycles. The van der Waals surface area contributed by atoms with Gasteiger partial charge in [-0.25, -0.2) is 4.57 Å². The molecule has 1 atom stereocenters. The number of aryl methyl sites for hydroxylation is 1. The summed E-state index contributed by atoms with van der Waals surface area (Å²) in [4.78, 5) is 0. The van der Waals surface area contributed by atoms with Crippen molar-refractivity contribution in [3.05, 3.63) is 53.6 Å². The Morgan fingerprint density at radius 3 is 2.68 bits per heavy atom. The minimum absolute atomic E-state index is 0.0737. The summed E-state index contributed by atoms with van der Waals surface area (Å²) in [5.41, 5.74) is 4.94. The zero-order chi connectivity index (χ0) is 16.2. The maximum Gasteiger partial charge on any atom is 0.254 e. The standard InChI is InChI=1S/C20H25N2/c1-15-8-4-7-11-18(15)22-14-21-13-12-20(3,19(21)16(22)2)17-9-5-6-10-17/h4,7-8,11-14,17H,5-6,9-10H2,1-3H3/q+1/i14D. The third-order valence-corrected chi connectivity index (χ3v) is 5.77. The highest BCUT2D eigenvalue weighted by Crippen LogP contribution is 2.46. The van der Waals surface area contributed by atoms with Crippen LogP contribution in [0, 0.1) is 19.8 Å². The van der Waals surface area contributed by atoms with Gasteiger partial charge in [0.05, 0.1) is 11.6 Å². The summed E-state index contributed by atoms with van der Waals surface area (Å²) in [5, 5.41) is 0. The van der Waals surface area contributed by atoms with Crippen molar-refractivity contribution in [1.29, 1.82) is 0 Å². The SMILES string of the molecule is [2H]c1n2c(c(C)[n+]1-c1ccccc1C)C(C)(C1CCCC1)C=C2. The van der Waals surface area contributed by atoms with Gasteiger partial charge in [-0.2, -0.15) is 4.57 Å². The normalized spacial score (nSPS) is 24.8. The fourth-order valence-corrected chi connectivity index (χ4v) is 4.48. The van der Waals surface area contributed by atoms with E-state index in [0.717, 1.165) is 5.69 Å². The molecule has 2 aliphatic rings. The lowest BCUT2D eigenvalue weighted by molar-refractivity contribution is -0.602. The quantitative estimate of drug-likeness (QED) is 0.730. The number of allylic oxidation sites excluding steroid dienone is 1. The van der Waals surface area contributed by atoms with Gasteiger partial charge in [0.25, 0.3) is 6.30 Å². The van der Waals surface area contributed by atoms with E-state index < -0.39 is 0 Å². The summed E-state index contributed by atoms with van der Waals surface area (Å²) in [6.07, 6.45) is 10.3. The molecule has 1 unspecified atom stereocenters. The number of nitrogens with zero attached hydrogens (tertiary/aromatic N) is 2. The van der Waals surface area contributed by atoms with E-state index in [4.69, 9.17) is 1.37 Å². The highest BCUT2D eigenvalue weighted by Gasteiger charge is 2.46. The van der Waals surface area contributed by atoms with E-state index in [1.54, 1.807) is 0 Å². The largest absolute Gasteiger partial charge is 0.254 e. The van der Waals surface area contributed by atoms with E-state index in [2.05, 4.69) is 66.4 Å². The predicted octanol–water partition coefficient (Wildman–Crippen LogP) is 4.31. The summed E-state index contributed by atoms with van der Waals surface area (Å²) in [7, 11) is 0. The lowest BCUT2D eigenvalue weighted by atomic mass is 9.74. The second-order valence-electron chi connectivity index (χ2n) is 7.11. The van der Waals surface area contributed by atoms with Crippen molar-refractivity contribution in [3.63, 3.8) is 0 Å². The third kappa shape index (κ3) is 1.83. The Labute approximate surface area is 134 Å². The number of fused-ring (bicyclic) bond motifs is 1. The molecular formula is C20H25N2+. The summed E-state index contributed by atoms with van der Waals surface area (Å²) < 4.78 is 12.9. The molecule has 0 amide bonds. The maximum absolute atomic E-state index is 8.70. The molecular weight excluding hydrogens is 268 g/mol. The van der Waals surface area contributed by atoms with Gasteiger partial charge in [0, 0.05) is 6.92 Å². The van der Waals surface area contributed by atoms with E-state index in [-0.39, 0.29) is 5.41 Å². The van der Waals surface area contributed by atoms with Crippen LogP contribution >= 0.6 is 0 Å². The van der Waals surface area contributed by atoms with Crippen LogP contribution in [0.2, 0.25) is 0 Å². The molecule has 2 nitrogen and oxygen atoms in total. The molecule has 1 fully saturated rings. The molecule has 0 bridgehead atoms. The van der Waals surface area contributed by atoms with Crippen LogP contribution in [-0.4, -0.2) is 4.57 Å². The number of aromatic nitrogens is 2. The molecule has 1 aromatic carbocycles. The van der Waals surface area contributed by atoms with Gasteiger partial charge < -0.3 is 0 Å². The Hall–Kier alpha value is -1.83. The summed E-state index contributed by atoms with van der Waals surface area (Å²) in [6.45, 7) is 6.67. The third-order valence-electron chi connectivity index (χ3n) is 5.77. The van der Waals surface area contributed by atoms with Crippen LogP contribution in [0.15, 0.2) is 36.6 Å². The molecule has 22 heavy (non-hydrogen) atoms. The van der Waals surface area contributed by atoms with Crippen LogP contribution in [0.5, 0.6) is 0 Å². The van der Waals surface area contributed by atoms with E-state index in [1.165, 1.54) is 42.6 Å². The molecule has 0 saturated heterocycles. The number of rotatable bonds is 2. The molecule has 0 spiro atoms. The Kier molecular flexibility index (Phi) is 2.79. The lowest BCUT2D eigenvalue weighted by Gasteiger charge is -2.27. The molecule has 1 aliphatic carbocycles. The van der Waals surface area contributed by atoms with Gasteiger partial charge in [0.15, 0.2) is 7.06 Å². The molecule has 2 heteroatoms. The first kappa shape index (κ1) is 12.7. The van der Waals surface area contributed by atoms with Crippen LogP contribution in [0.25, 0.3) is 11.9 Å². The number of benzene rings is 1. The van der Waals surface area contributed by atoms with Crippen molar-refractivity contribution in [2.45, 2.75) is 51.9 Å². The molecule has 1 aliphatic heterocycles. The fraction of sp³-hybridized carbons (Fsp3) is 0.450. The second kappa shape index (κ2) is 4.84. The van der Waals surface area contributed by atoms with E-state index in [1.807, 2.05) is 0 Å². The number of para-hydroxylation sites is 1. The van der Waals surface area contributed by atoms with Crippen molar-refractivity contribution < 1.29 is 5.94 Å². The monoisotopic (exact) mass is 294 g/mol. The van der Waals surface area contributed by atoms with Gasteiger partial charge in [0.2, 0.25) is 0 Å². The van der Waals surface area contributed by atoms with Crippen LogP contribution in [0.3, 0.4) is 0 Å². The first-order valence-electron chi connectivity index (χ1n) is 8.93. The average Bonchev–Trinajstić information content (AvgIpc) is 3.22. The smallest absolute Gasteiger partial charge is 0.205 e. The number of hydrogen-bond donors (Lipinski definition) is 0. The maximum atomic E-state index is 8.70. The summed E-state index contributed by atoms with van der Waals surface area (Å²) in [6, 6.07) is 8.36. The highest BCUT2D eigenvalue weighted by molar-refractivity contribution is 5.47. The van der Waals surface area contributed by atoms with Crippen molar-refractivity contribution >= 4 is 6.20 Å². The van der Waals surface area contributed by atoms with Gasteiger partial charge in [-0.1, -0.05) is 31.0 Å². The topological polar surface area (TPSA) is 8.81 Å². The van der Waals surface area contributed by atoms with Gasteiger partial charge >= 0.3 is 0 Å². The van der Waals surface area contributed by atoms with E-state index in [0.29, 0.717) is 12.2 Å². The minimum Gasteiger partial charge on any atom is -0.205 e.